The average Bonchev–Trinajstić information content (AvgIpc) is 2.18. The van der Waals surface area contributed by atoms with Crippen LogP contribution in [0.3, 0.4) is 0 Å². The van der Waals surface area contributed by atoms with Crippen molar-refractivity contribution in [1.82, 2.24) is 5.32 Å². The van der Waals surface area contributed by atoms with Gasteiger partial charge in [-0.1, -0.05) is 6.92 Å². The summed E-state index contributed by atoms with van der Waals surface area (Å²) < 4.78 is 12.5. The molecule has 1 atom stereocenters. The van der Waals surface area contributed by atoms with Crippen LogP contribution >= 0.6 is 0 Å². The topological polar surface area (TPSA) is 49.3 Å². The molecule has 1 rings (SSSR count). The maximum Gasteiger partial charge on any atom is 0.253 e. The molecule has 0 radical (unpaired) electrons. The van der Waals surface area contributed by atoms with Crippen molar-refractivity contribution in [1.29, 1.82) is 0 Å². The van der Waals surface area contributed by atoms with Gasteiger partial charge in [0.1, 0.15) is 12.0 Å². The largest absolute Gasteiger partial charge is 0.374 e. The van der Waals surface area contributed by atoms with Gasteiger partial charge in [-0.15, -0.1) is 0 Å². The van der Waals surface area contributed by atoms with Gasteiger partial charge >= 0.3 is 0 Å². The molecular weight excluding hydrogens is 185 g/mol. The van der Waals surface area contributed by atoms with Crippen LogP contribution in [0.5, 0.6) is 0 Å². The lowest BCUT2D eigenvalue weighted by atomic mass is 10.2. The van der Waals surface area contributed by atoms with Crippen LogP contribution in [0, 0.1) is 5.82 Å². The van der Waals surface area contributed by atoms with Crippen LogP contribution in [0.2, 0.25) is 0 Å². The highest BCUT2D eigenvalue weighted by atomic mass is 19.1. The minimum atomic E-state index is -0.854. The molecule has 0 fully saturated rings. The third-order valence-electron chi connectivity index (χ3n) is 1.79. The number of hydrogen-bond acceptors (Lipinski definition) is 2. The summed E-state index contributed by atoms with van der Waals surface area (Å²) in [6.07, 6.45) is -0.417. The second-order valence-corrected chi connectivity index (χ2v) is 2.90. The quantitative estimate of drug-likeness (QED) is 0.717. The first-order chi connectivity index (χ1) is 6.63. The zero-order valence-electron chi connectivity index (χ0n) is 7.83. The van der Waals surface area contributed by atoms with E-state index in [1.807, 2.05) is 0 Å². The third-order valence-corrected chi connectivity index (χ3v) is 1.79. The summed E-state index contributed by atoms with van der Waals surface area (Å²) in [5, 5.41) is 11.5. The monoisotopic (exact) mass is 197 g/mol. The molecule has 14 heavy (non-hydrogen) atoms. The Morgan fingerprint density at radius 3 is 2.57 bits per heavy atom. The van der Waals surface area contributed by atoms with Gasteiger partial charge in [-0.05, 0) is 30.7 Å². The molecule has 3 nitrogen and oxygen atoms in total. The highest BCUT2D eigenvalue weighted by molar-refractivity contribution is 5.94. The van der Waals surface area contributed by atoms with Crippen molar-refractivity contribution in [3.8, 4) is 0 Å². The Morgan fingerprint density at radius 1 is 1.50 bits per heavy atom. The lowest BCUT2D eigenvalue weighted by Crippen LogP contribution is -2.33. The van der Waals surface area contributed by atoms with Crippen LogP contribution in [0.25, 0.3) is 0 Å². The number of aliphatic hydroxyl groups excluding tert-OH is 1. The van der Waals surface area contributed by atoms with Gasteiger partial charge < -0.3 is 10.4 Å². The van der Waals surface area contributed by atoms with Crippen molar-refractivity contribution < 1.29 is 14.3 Å². The van der Waals surface area contributed by atoms with E-state index in [4.69, 9.17) is 5.11 Å². The molecule has 0 saturated heterocycles. The van der Waals surface area contributed by atoms with Gasteiger partial charge in [0, 0.05) is 5.56 Å². The molecule has 76 valence electrons. The molecule has 1 unspecified atom stereocenters. The van der Waals surface area contributed by atoms with Gasteiger partial charge in [-0.2, -0.15) is 0 Å². The van der Waals surface area contributed by atoms with E-state index in [-0.39, 0.29) is 0 Å². The van der Waals surface area contributed by atoms with Crippen LogP contribution in [-0.4, -0.2) is 17.2 Å². The van der Waals surface area contributed by atoms with E-state index in [0.29, 0.717) is 12.0 Å². The first-order valence-electron chi connectivity index (χ1n) is 4.38. The minimum absolute atomic E-state index is 0.332. The van der Waals surface area contributed by atoms with Gasteiger partial charge in [0.25, 0.3) is 5.91 Å². The number of carbonyl (C=O) groups is 1. The standard InChI is InChI=1S/C10H12FNO2/c1-2-9(13)12-10(14)7-3-5-8(11)6-4-7/h3-6,9,13H,2H2,1H3,(H,12,14). The Labute approximate surface area is 81.6 Å². The summed E-state index contributed by atoms with van der Waals surface area (Å²) in [5.41, 5.74) is 0.332. The van der Waals surface area contributed by atoms with Gasteiger partial charge in [-0.25, -0.2) is 4.39 Å². The molecule has 1 aromatic carbocycles. The predicted molar refractivity (Wildman–Crippen MR) is 50.2 cm³/mol. The van der Waals surface area contributed by atoms with Crippen molar-refractivity contribution in [2.75, 3.05) is 0 Å². The predicted octanol–water partition coefficient (Wildman–Crippen LogP) is 1.28. The zero-order valence-corrected chi connectivity index (χ0v) is 7.83. The smallest absolute Gasteiger partial charge is 0.253 e. The van der Waals surface area contributed by atoms with Crippen molar-refractivity contribution in [3.05, 3.63) is 35.6 Å². The van der Waals surface area contributed by atoms with E-state index in [1.54, 1.807) is 6.92 Å². The van der Waals surface area contributed by atoms with Crippen molar-refractivity contribution in [3.63, 3.8) is 0 Å². The lowest BCUT2D eigenvalue weighted by molar-refractivity contribution is 0.0776. The molecule has 0 aromatic heterocycles. The number of halogens is 1. The summed E-state index contributed by atoms with van der Waals surface area (Å²) >= 11 is 0. The number of amides is 1. The Kier molecular flexibility index (Phi) is 3.59. The minimum Gasteiger partial charge on any atom is -0.374 e. The number of aliphatic hydroxyl groups is 1. The summed E-state index contributed by atoms with van der Waals surface area (Å²) in [6, 6.07) is 5.14. The van der Waals surface area contributed by atoms with Gasteiger partial charge in [-0.3, -0.25) is 4.79 Å². The Morgan fingerprint density at radius 2 is 2.07 bits per heavy atom. The highest BCUT2D eigenvalue weighted by Crippen LogP contribution is 2.02. The summed E-state index contributed by atoms with van der Waals surface area (Å²) in [4.78, 5) is 11.3. The average molecular weight is 197 g/mol. The number of carbonyl (C=O) groups excluding carboxylic acids is 1. The SMILES string of the molecule is CCC(O)NC(=O)c1ccc(F)cc1. The van der Waals surface area contributed by atoms with Gasteiger partial charge in [0.2, 0.25) is 0 Å². The van der Waals surface area contributed by atoms with E-state index >= 15 is 0 Å². The normalized spacial score (nSPS) is 12.2. The van der Waals surface area contributed by atoms with E-state index in [2.05, 4.69) is 5.32 Å². The molecule has 0 bridgehead atoms. The maximum atomic E-state index is 12.5. The van der Waals surface area contributed by atoms with Crippen molar-refractivity contribution >= 4 is 5.91 Å². The van der Waals surface area contributed by atoms with Crippen LogP contribution in [-0.2, 0) is 0 Å². The molecule has 0 aliphatic carbocycles. The molecule has 1 amide bonds. The number of benzene rings is 1. The van der Waals surface area contributed by atoms with Crippen LogP contribution in [0.1, 0.15) is 23.7 Å². The molecule has 4 heteroatoms. The summed E-state index contributed by atoms with van der Waals surface area (Å²) in [5.74, 6) is -0.795. The van der Waals surface area contributed by atoms with Crippen LogP contribution < -0.4 is 5.32 Å². The van der Waals surface area contributed by atoms with E-state index < -0.39 is 18.0 Å². The summed E-state index contributed by atoms with van der Waals surface area (Å²) in [6.45, 7) is 1.75. The second-order valence-electron chi connectivity index (χ2n) is 2.90. The Balaban J connectivity index is 2.65. The van der Waals surface area contributed by atoms with Crippen LogP contribution in [0.15, 0.2) is 24.3 Å². The van der Waals surface area contributed by atoms with Crippen molar-refractivity contribution in [2.45, 2.75) is 19.6 Å². The van der Waals surface area contributed by atoms with Gasteiger partial charge in [0.05, 0.1) is 0 Å². The van der Waals surface area contributed by atoms with E-state index in [0.717, 1.165) is 0 Å². The molecule has 0 aliphatic rings. The zero-order chi connectivity index (χ0) is 10.6. The maximum absolute atomic E-state index is 12.5. The fourth-order valence-corrected chi connectivity index (χ4v) is 0.938. The fourth-order valence-electron chi connectivity index (χ4n) is 0.938. The lowest BCUT2D eigenvalue weighted by Gasteiger charge is -2.09. The Bertz CT molecular complexity index is 310. The molecule has 0 heterocycles. The molecule has 0 saturated carbocycles. The van der Waals surface area contributed by atoms with E-state index in [1.165, 1.54) is 24.3 Å². The molecule has 0 spiro atoms. The number of rotatable bonds is 3. The third kappa shape index (κ3) is 2.81. The molecule has 1 aromatic rings. The van der Waals surface area contributed by atoms with E-state index in [9.17, 15) is 9.18 Å². The summed E-state index contributed by atoms with van der Waals surface area (Å²) in [7, 11) is 0. The van der Waals surface area contributed by atoms with Gasteiger partial charge in [0.15, 0.2) is 0 Å². The molecule has 2 N–H and O–H groups in total. The van der Waals surface area contributed by atoms with Crippen LogP contribution in [0.4, 0.5) is 4.39 Å². The first kappa shape index (κ1) is 10.7. The second kappa shape index (κ2) is 4.72. The number of hydrogen-bond donors (Lipinski definition) is 2. The first-order valence-corrected chi connectivity index (χ1v) is 4.38. The fraction of sp³-hybridized carbons (Fsp3) is 0.300. The van der Waals surface area contributed by atoms with Crippen molar-refractivity contribution in [2.24, 2.45) is 0 Å². The molecular formula is C10H12FNO2. The highest BCUT2D eigenvalue weighted by Gasteiger charge is 2.08. The Hall–Kier alpha value is -1.42. The molecule has 0 aliphatic heterocycles. The number of nitrogens with one attached hydrogen (secondary N) is 1.